The first-order valence-electron chi connectivity index (χ1n) is 8.99. The molecule has 2 amide bonds. The summed E-state index contributed by atoms with van der Waals surface area (Å²) in [4.78, 5) is 29.0. The van der Waals surface area contributed by atoms with Gasteiger partial charge in [0, 0.05) is 38.6 Å². The van der Waals surface area contributed by atoms with Crippen LogP contribution in [0.5, 0.6) is 0 Å². The SMILES string of the molecule is CN(C)c1ccc(NC(=O)Cc2ccccc2)cc1C(=O)N1CCCC1. The molecule has 2 aromatic rings. The molecule has 0 aliphatic carbocycles. The minimum absolute atomic E-state index is 0.0327. The van der Waals surface area contributed by atoms with E-state index in [1.165, 1.54) is 0 Å². The van der Waals surface area contributed by atoms with Crippen molar-refractivity contribution in [2.45, 2.75) is 19.3 Å². The minimum atomic E-state index is -0.0895. The fourth-order valence-electron chi connectivity index (χ4n) is 3.25. The summed E-state index contributed by atoms with van der Waals surface area (Å²) in [5.74, 6) is -0.0567. The molecule has 1 saturated heterocycles. The summed E-state index contributed by atoms with van der Waals surface area (Å²) in [5, 5.41) is 2.91. The molecule has 1 aliphatic heterocycles. The Kier molecular flexibility index (Phi) is 5.56. The largest absolute Gasteiger partial charge is 0.377 e. The van der Waals surface area contributed by atoms with Crippen molar-refractivity contribution < 1.29 is 9.59 Å². The molecule has 3 rings (SSSR count). The van der Waals surface area contributed by atoms with E-state index in [0.29, 0.717) is 17.7 Å². The molecule has 0 radical (unpaired) electrons. The van der Waals surface area contributed by atoms with Crippen molar-refractivity contribution in [2.24, 2.45) is 0 Å². The highest BCUT2D eigenvalue weighted by atomic mass is 16.2. The molecule has 1 N–H and O–H groups in total. The van der Waals surface area contributed by atoms with Crippen LogP contribution < -0.4 is 10.2 Å². The Morgan fingerprint density at radius 1 is 1.04 bits per heavy atom. The Morgan fingerprint density at radius 2 is 1.73 bits per heavy atom. The second-order valence-electron chi connectivity index (χ2n) is 6.84. The molecule has 0 unspecified atom stereocenters. The lowest BCUT2D eigenvalue weighted by molar-refractivity contribution is -0.115. The van der Waals surface area contributed by atoms with Crippen LogP contribution in [-0.4, -0.2) is 43.9 Å². The highest BCUT2D eigenvalue weighted by molar-refractivity contribution is 6.02. The van der Waals surface area contributed by atoms with Crippen molar-refractivity contribution in [1.29, 1.82) is 0 Å². The molecule has 1 aliphatic rings. The molecular formula is C21H25N3O2. The second kappa shape index (κ2) is 8.04. The number of likely N-dealkylation sites (tertiary alicyclic amines) is 1. The first kappa shape index (κ1) is 18.0. The molecule has 5 nitrogen and oxygen atoms in total. The van der Waals surface area contributed by atoms with E-state index in [0.717, 1.165) is 37.2 Å². The zero-order chi connectivity index (χ0) is 18.5. The van der Waals surface area contributed by atoms with Crippen LogP contribution in [0.1, 0.15) is 28.8 Å². The van der Waals surface area contributed by atoms with Gasteiger partial charge in [-0.1, -0.05) is 30.3 Å². The average molecular weight is 351 g/mol. The number of carbonyl (C=O) groups is 2. The number of nitrogens with zero attached hydrogens (tertiary/aromatic N) is 2. The molecule has 136 valence electrons. The van der Waals surface area contributed by atoms with Crippen molar-refractivity contribution in [1.82, 2.24) is 4.90 Å². The third kappa shape index (κ3) is 4.23. The number of rotatable bonds is 5. The van der Waals surface area contributed by atoms with Gasteiger partial charge in [0.1, 0.15) is 0 Å². The lowest BCUT2D eigenvalue weighted by atomic mass is 10.1. The molecule has 26 heavy (non-hydrogen) atoms. The predicted octanol–water partition coefficient (Wildman–Crippen LogP) is 3.17. The Morgan fingerprint density at radius 3 is 2.38 bits per heavy atom. The standard InChI is InChI=1S/C21H25N3O2/c1-23(2)19-11-10-17(15-18(19)21(26)24-12-6-7-13-24)22-20(25)14-16-8-4-3-5-9-16/h3-5,8-11,15H,6-7,12-14H2,1-2H3,(H,22,25). The third-order valence-corrected chi connectivity index (χ3v) is 4.59. The second-order valence-corrected chi connectivity index (χ2v) is 6.84. The molecule has 0 aromatic heterocycles. The normalized spacial score (nSPS) is 13.5. The number of hydrogen-bond donors (Lipinski definition) is 1. The van der Waals surface area contributed by atoms with Gasteiger partial charge >= 0.3 is 0 Å². The van der Waals surface area contributed by atoms with Gasteiger partial charge in [-0.15, -0.1) is 0 Å². The highest BCUT2D eigenvalue weighted by Gasteiger charge is 2.23. The van der Waals surface area contributed by atoms with E-state index >= 15 is 0 Å². The summed E-state index contributed by atoms with van der Waals surface area (Å²) >= 11 is 0. The Labute approximate surface area is 154 Å². The van der Waals surface area contributed by atoms with Gasteiger partial charge in [-0.05, 0) is 36.6 Å². The van der Waals surface area contributed by atoms with Crippen molar-refractivity contribution in [3.8, 4) is 0 Å². The first-order chi connectivity index (χ1) is 12.5. The minimum Gasteiger partial charge on any atom is -0.377 e. The fourth-order valence-corrected chi connectivity index (χ4v) is 3.25. The van der Waals surface area contributed by atoms with Gasteiger partial charge in [-0.3, -0.25) is 9.59 Å². The summed E-state index contributed by atoms with van der Waals surface area (Å²) in [7, 11) is 3.84. The molecule has 0 atom stereocenters. The quantitative estimate of drug-likeness (QED) is 0.900. The molecule has 0 spiro atoms. The maximum Gasteiger partial charge on any atom is 0.256 e. The molecule has 0 saturated carbocycles. The van der Waals surface area contributed by atoms with Gasteiger partial charge in [-0.2, -0.15) is 0 Å². The van der Waals surface area contributed by atoms with Crippen LogP contribution in [0.3, 0.4) is 0 Å². The van der Waals surface area contributed by atoms with Gasteiger partial charge in [0.2, 0.25) is 5.91 Å². The highest BCUT2D eigenvalue weighted by Crippen LogP contribution is 2.26. The number of amides is 2. The lowest BCUT2D eigenvalue weighted by Gasteiger charge is -2.22. The zero-order valence-electron chi connectivity index (χ0n) is 15.4. The van der Waals surface area contributed by atoms with Crippen LogP contribution in [0.15, 0.2) is 48.5 Å². The monoisotopic (exact) mass is 351 g/mol. The van der Waals surface area contributed by atoms with E-state index in [9.17, 15) is 9.59 Å². The summed E-state index contributed by atoms with van der Waals surface area (Å²) in [6, 6.07) is 15.1. The van der Waals surface area contributed by atoms with Crippen LogP contribution in [0.4, 0.5) is 11.4 Å². The molecule has 5 heteroatoms. The van der Waals surface area contributed by atoms with Crippen LogP contribution in [0, 0.1) is 0 Å². The number of anilines is 2. The Bertz CT molecular complexity index is 781. The summed E-state index contributed by atoms with van der Waals surface area (Å²) in [6.45, 7) is 1.60. The van der Waals surface area contributed by atoms with E-state index in [1.54, 1.807) is 6.07 Å². The molecule has 0 bridgehead atoms. The van der Waals surface area contributed by atoms with Crippen molar-refractivity contribution in [3.05, 3.63) is 59.7 Å². The number of nitrogens with one attached hydrogen (secondary N) is 1. The molecule has 1 heterocycles. The maximum absolute atomic E-state index is 12.9. The summed E-state index contributed by atoms with van der Waals surface area (Å²) < 4.78 is 0. The number of benzene rings is 2. The lowest BCUT2D eigenvalue weighted by Crippen LogP contribution is -2.29. The number of hydrogen-bond acceptors (Lipinski definition) is 3. The van der Waals surface area contributed by atoms with Gasteiger partial charge in [0.25, 0.3) is 5.91 Å². The van der Waals surface area contributed by atoms with Crippen LogP contribution in [0.25, 0.3) is 0 Å². The van der Waals surface area contributed by atoms with E-state index in [2.05, 4.69) is 5.32 Å². The van der Waals surface area contributed by atoms with E-state index in [4.69, 9.17) is 0 Å². The van der Waals surface area contributed by atoms with Crippen LogP contribution >= 0.6 is 0 Å². The smallest absolute Gasteiger partial charge is 0.256 e. The average Bonchev–Trinajstić information content (AvgIpc) is 3.16. The predicted molar refractivity (Wildman–Crippen MR) is 105 cm³/mol. The Hall–Kier alpha value is -2.82. The van der Waals surface area contributed by atoms with Crippen molar-refractivity contribution in [2.75, 3.05) is 37.4 Å². The summed E-state index contributed by atoms with van der Waals surface area (Å²) in [5.41, 5.74) is 3.11. The molecule has 1 fully saturated rings. The van der Waals surface area contributed by atoms with Crippen molar-refractivity contribution >= 4 is 23.2 Å². The third-order valence-electron chi connectivity index (χ3n) is 4.59. The topological polar surface area (TPSA) is 52.7 Å². The first-order valence-corrected chi connectivity index (χ1v) is 8.99. The molecule has 2 aromatic carbocycles. The van der Waals surface area contributed by atoms with E-state index in [1.807, 2.05) is 66.4 Å². The van der Waals surface area contributed by atoms with Crippen molar-refractivity contribution in [3.63, 3.8) is 0 Å². The van der Waals surface area contributed by atoms with Gasteiger partial charge < -0.3 is 15.1 Å². The number of carbonyl (C=O) groups excluding carboxylic acids is 2. The van der Waals surface area contributed by atoms with E-state index in [-0.39, 0.29) is 11.8 Å². The molecular weight excluding hydrogens is 326 g/mol. The summed E-state index contributed by atoms with van der Waals surface area (Å²) in [6.07, 6.45) is 2.42. The van der Waals surface area contributed by atoms with Crippen LogP contribution in [-0.2, 0) is 11.2 Å². The maximum atomic E-state index is 12.9. The van der Waals surface area contributed by atoms with Crippen LogP contribution in [0.2, 0.25) is 0 Å². The fraction of sp³-hybridized carbons (Fsp3) is 0.333. The van der Waals surface area contributed by atoms with Gasteiger partial charge in [-0.25, -0.2) is 0 Å². The van der Waals surface area contributed by atoms with Gasteiger partial charge in [0.05, 0.1) is 12.0 Å². The van der Waals surface area contributed by atoms with Gasteiger partial charge in [0.15, 0.2) is 0 Å². The zero-order valence-corrected chi connectivity index (χ0v) is 15.4. The Balaban J connectivity index is 1.78. The van der Waals surface area contributed by atoms with E-state index < -0.39 is 0 Å².